The van der Waals surface area contributed by atoms with Crippen LogP contribution in [0.4, 0.5) is 11.4 Å². The molecule has 0 saturated carbocycles. The van der Waals surface area contributed by atoms with Crippen molar-refractivity contribution in [3.05, 3.63) is 76.6 Å². The number of anilines is 1. The van der Waals surface area contributed by atoms with Crippen molar-refractivity contribution in [3.63, 3.8) is 0 Å². The number of ether oxygens (including phenoxy) is 3. The van der Waals surface area contributed by atoms with Gasteiger partial charge in [-0.3, -0.25) is 19.8 Å². The molecule has 2 aromatic heterocycles. The third-order valence-corrected chi connectivity index (χ3v) is 9.21. The molecule has 4 N–H and O–H groups in total. The Hall–Kier alpha value is -4.57. The lowest BCUT2D eigenvalue weighted by atomic mass is 10.1. The predicted octanol–water partition coefficient (Wildman–Crippen LogP) is 2.71. The highest BCUT2D eigenvalue weighted by molar-refractivity contribution is 7.91. The first-order valence-electron chi connectivity index (χ1n) is 13.5. The monoisotopic (exact) mass is 608 g/mol. The molecule has 224 valence electrons. The van der Waals surface area contributed by atoms with Gasteiger partial charge in [0.25, 0.3) is 11.6 Å². The van der Waals surface area contributed by atoms with Gasteiger partial charge in [0, 0.05) is 37.3 Å². The zero-order valence-electron chi connectivity index (χ0n) is 22.8. The number of primary amides is 1. The maximum Gasteiger partial charge on any atom is 0.293 e. The van der Waals surface area contributed by atoms with Crippen LogP contribution in [0.1, 0.15) is 10.4 Å². The lowest BCUT2D eigenvalue weighted by Gasteiger charge is -2.42. The summed E-state index contributed by atoms with van der Waals surface area (Å²) in [5.74, 6) is -1.06. The van der Waals surface area contributed by atoms with E-state index in [2.05, 4.69) is 20.2 Å². The molecule has 1 unspecified atom stereocenters. The number of aromatic amines is 1. The number of nitro benzene ring substituents is 1. The third-order valence-electron chi connectivity index (χ3n) is 7.43. The second kappa shape index (κ2) is 11.6. The van der Waals surface area contributed by atoms with Gasteiger partial charge in [0.15, 0.2) is 5.75 Å². The van der Waals surface area contributed by atoms with E-state index < -0.39 is 26.4 Å². The normalized spacial score (nSPS) is 17.8. The van der Waals surface area contributed by atoms with Crippen molar-refractivity contribution in [2.24, 2.45) is 5.73 Å². The fraction of sp³-hybridized carbons (Fsp3) is 0.286. The molecule has 2 aliphatic heterocycles. The Kier molecular flexibility index (Phi) is 7.70. The Labute approximate surface area is 245 Å². The largest absolute Gasteiger partial charge is 0.453 e. The number of nitrogens with two attached hydrogens (primary N) is 1. The maximum absolute atomic E-state index is 13.9. The minimum absolute atomic E-state index is 0.143. The number of hydrogen-bond donors (Lipinski definition) is 3. The molecule has 15 heteroatoms. The summed E-state index contributed by atoms with van der Waals surface area (Å²) in [6.45, 7) is 3.61. The molecule has 2 aromatic carbocycles. The fourth-order valence-electron chi connectivity index (χ4n) is 5.08. The van der Waals surface area contributed by atoms with Crippen LogP contribution in [-0.4, -0.2) is 85.7 Å². The summed E-state index contributed by atoms with van der Waals surface area (Å²) in [5, 5.41) is 15.8. The molecule has 0 bridgehead atoms. The molecule has 14 nitrogen and oxygen atoms in total. The number of fused-ring (bicyclic) bond motifs is 1. The molecule has 6 rings (SSSR count). The first-order valence-corrected chi connectivity index (χ1v) is 14.9. The number of nitro groups is 1. The van der Waals surface area contributed by atoms with Crippen molar-refractivity contribution in [3.8, 4) is 11.5 Å². The summed E-state index contributed by atoms with van der Waals surface area (Å²) in [6.07, 6.45) is 2.84. The molecule has 0 radical (unpaired) electrons. The second-order valence-electron chi connectivity index (χ2n) is 10.2. The van der Waals surface area contributed by atoms with Gasteiger partial charge in [-0.05, 0) is 36.4 Å². The number of carbonyl (C=O) groups is 1. The number of nitrogens with one attached hydrogen (secondary N) is 2. The molecule has 1 atom stereocenters. The van der Waals surface area contributed by atoms with E-state index in [9.17, 15) is 23.3 Å². The van der Waals surface area contributed by atoms with Crippen molar-refractivity contribution in [2.75, 3.05) is 44.8 Å². The zero-order valence-corrected chi connectivity index (χ0v) is 23.6. The number of carbonyl (C=O) groups excluding carboxylic acids is 1. The van der Waals surface area contributed by atoms with Gasteiger partial charge in [-0.25, -0.2) is 13.4 Å². The summed E-state index contributed by atoms with van der Waals surface area (Å²) < 4.78 is 44.8. The van der Waals surface area contributed by atoms with E-state index in [4.69, 9.17) is 19.9 Å². The van der Waals surface area contributed by atoms with Crippen LogP contribution in [-0.2, 0) is 19.3 Å². The summed E-state index contributed by atoms with van der Waals surface area (Å²) >= 11 is 0. The van der Waals surface area contributed by atoms with Crippen molar-refractivity contribution >= 4 is 38.2 Å². The second-order valence-corrected chi connectivity index (χ2v) is 12.1. The van der Waals surface area contributed by atoms with Crippen molar-refractivity contribution < 1.29 is 32.3 Å². The molecule has 0 aliphatic carbocycles. The van der Waals surface area contributed by atoms with E-state index in [1.165, 1.54) is 36.5 Å². The average Bonchev–Trinajstić information content (AvgIpc) is 3.43. The van der Waals surface area contributed by atoms with Crippen LogP contribution in [0.2, 0.25) is 0 Å². The standard InChI is InChI=1S/C28H28N6O8S/c29-27(35)22-2-1-3-25(26(22)42-19-10-17-6-7-30-28(17)32-12-19)43(38,39)21-4-5-23(24(11-21)34(36)37)31-13-20-14-33(8-9-41-20)18-15-40-16-18/h1-7,10-12,18,20,31H,8-9,13-16H2,(H2,29,35)(H,30,32). The van der Waals surface area contributed by atoms with Gasteiger partial charge < -0.3 is 30.2 Å². The van der Waals surface area contributed by atoms with Crippen LogP contribution >= 0.6 is 0 Å². The lowest BCUT2D eigenvalue weighted by Crippen LogP contribution is -2.56. The molecule has 2 aliphatic rings. The minimum atomic E-state index is -4.43. The summed E-state index contributed by atoms with van der Waals surface area (Å²) in [4.78, 5) is 32.4. The fourth-order valence-corrected chi connectivity index (χ4v) is 6.50. The van der Waals surface area contributed by atoms with Gasteiger partial charge in [0.05, 0.1) is 53.5 Å². The Bertz CT molecular complexity index is 1810. The topological polar surface area (TPSA) is 192 Å². The summed E-state index contributed by atoms with van der Waals surface area (Å²) in [7, 11) is -4.43. The lowest BCUT2D eigenvalue weighted by molar-refractivity contribution is -0.384. The van der Waals surface area contributed by atoms with E-state index in [1.54, 1.807) is 18.3 Å². The number of aromatic nitrogens is 2. The number of nitrogens with zero attached hydrogens (tertiary/aromatic N) is 3. The molecule has 2 fully saturated rings. The van der Waals surface area contributed by atoms with Crippen LogP contribution in [0, 0.1) is 10.1 Å². The number of amides is 1. The van der Waals surface area contributed by atoms with E-state index in [1.807, 2.05) is 0 Å². The van der Waals surface area contributed by atoms with Gasteiger partial charge in [-0.1, -0.05) is 6.07 Å². The van der Waals surface area contributed by atoms with Gasteiger partial charge >= 0.3 is 0 Å². The first-order chi connectivity index (χ1) is 20.7. The predicted molar refractivity (Wildman–Crippen MR) is 154 cm³/mol. The molecule has 2 saturated heterocycles. The van der Waals surface area contributed by atoms with Crippen LogP contribution in [0.25, 0.3) is 11.0 Å². The zero-order chi connectivity index (χ0) is 30.1. The highest BCUT2D eigenvalue weighted by atomic mass is 32.2. The minimum Gasteiger partial charge on any atom is -0.453 e. The first kappa shape index (κ1) is 28.5. The van der Waals surface area contributed by atoms with E-state index in [-0.39, 0.29) is 45.2 Å². The Morgan fingerprint density at radius 1 is 1.23 bits per heavy atom. The molecule has 1 amide bonds. The molecule has 0 spiro atoms. The van der Waals surface area contributed by atoms with E-state index >= 15 is 0 Å². The highest BCUT2D eigenvalue weighted by Gasteiger charge is 2.32. The number of pyridine rings is 1. The number of morpholine rings is 1. The number of rotatable bonds is 10. The number of para-hydroxylation sites is 1. The number of H-pyrrole nitrogens is 1. The molecular weight excluding hydrogens is 580 g/mol. The Morgan fingerprint density at radius 2 is 2.07 bits per heavy atom. The number of benzene rings is 2. The van der Waals surface area contributed by atoms with E-state index in [0.29, 0.717) is 43.4 Å². The van der Waals surface area contributed by atoms with Gasteiger partial charge in [-0.2, -0.15) is 0 Å². The summed E-state index contributed by atoms with van der Waals surface area (Å²) in [5.41, 5.74) is 5.67. The number of sulfone groups is 1. The highest BCUT2D eigenvalue weighted by Crippen LogP contribution is 2.38. The van der Waals surface area contributed by atoms with Crippen LogP contribution in [0.15, 0.2) is 70.7 Å². The van der Waals surface area contributed by atoms with Gasteiger partial charge in [0.2, 0.25) is 9.84 Å². The van der Waals surface area contributed by atoms with Crippen LogP contribution in [0.3, 0.4) is 0 Å². The van der Waals surface area contributed by atoms with Gasteiger partial charge in [-0.15, -0.1) is 0 Å². The molecule has 4 heterocycles. The third kappa shape index (κ3) is 5.75. The maximum atomic E-state index is 13.9. The summed E-state index contributed by atoms with van der Waals surface area (Å²) in [6, 6.07) is 11.2. The van der Waals surface area contributed by atoms with Crippen molar-refractivity contribution in [2.45, 2.75) is 21.9 Å². The smallest absolute Gasteiger partial charge is 0.293 e. The van der Waals surface area contributed by atoms with Crippen LogP contribution < -0.4 is 15.8 Å². The SMILES string of the molecule is NC(=O)c1cccc(S(=O)(=O)c2ccc(NCC3CN(C4COC4)CCO3)c([N+](=O)[O-])c2)c1Oc1cnc2[nH]ccc2c1. The quantitative estimate of drug-likeness (QED) is 0.177. The molecule has 4 aromatic rings. The van der Waals surface area contributed by atoms with Crippen molar-refractivity contribution in [1.29, 1.82) is 0 Å². The number of hydrogen-bond acceptors (Lipinski definition) is 11. The molecule has 43 heavy (non-hydrogen) atoms. The Morgan fingerprint density at radius 3 is 2.81 bits per heavy atom. The van der Waals surface area contributed by atoms with Crippen LogP contribution in [0.5, 0.6) is 11.5 Å². The molecular formula is C28H28N6O8S. The average molecular weight is 609 g/mol. The van der Waals surface area contributed by atoms with Crippen molar-refractivity contribution in [1.82, 2.24) is 14.9 Å². The van der Waals surface area contributed by atoms with E-state index in [0.717, 1.165) is 12.6 Å². The Balaban J connectivity index is 1.29. The van der Waals surface area contributed by atoms with Gasteiger partial charge in [0.1, 0.15) is 22.0 Å².